The fraction of sp³-hybridized carbons (Fsp3) is 0.318. The molecule has 8 nitrogen and oxygen atoms in total. The number of hydrogen-bond donors (Lipinski definition) is 1. The number of hydrogen-bond acceptors (Lipinski definition) is 7. The number of benzene rings is 1. The lowest BCUT2D eigenvalue weighted by Gasteiger charge is -2.24. The van der Waals surface area contributed by atoms with Crippen LogP contribution in [-0.4, -0.2) is 46.7 Å². The second-order valence-corrected chi connectivity index (χ2v) is 6.99. The average Bonchev–Trinajstić information content (AvgIpc) is 2.78. The number of carbonyl (C=O) groups is 1. The zero-order valence-electron chi connectivity index (χ0n) is 16.8. The Hall–Kier alpha value is -3.30. The Morgan fingerprint density at radius 3 is 2.65 bits per heavy atom. The highest BCUT2D eigenvalue weighted by atomic mass is 19.1. The van der Waals surface area contributed by atoms with Crippen molar-refractivity contribution in [2.75, 3.05) is 19.8 Å². The number of fused-ring (bicyclic) bond motifs is 1. The van der Waals surface area contributed by atoms with E-state index in [1.165, 1.54) is 22.9 Å². The molecule has 0 spiro atoms. The Kier molecular flexibility index (Phi) is 5.97. The standard InChI is InChI=1S/C22H21FN2O6/c1-2-29-22(28)18-19(26)16-10-14(13-4-6-15(23)7-5-13)11-24-20(16)25(21(18)27)12-17-30-8-3-9-31-17/h4-7,10-11,17,26H,2-3,8-9,12H2,1H3. The van der Waals surface area contributed by atoms with E-state index >= 15 is 0 Å². The molecule has 3 heterocycles. The molecule has 1 aliphatic heterocycles. The molecule has 0 aliphatic carbocycles. The summed E-state index contributed by atoms with van der Waals surface area (Å²) in [6, 6.07) is 7.35. The topological polar surface area (TPSA) is 99.9 Å². The van der Waals surface area contributed by atoms with E-state index in [9.17, 15) is 19.1 Å². The van der Waals surface area contributed by atoms with Gasteiger partial charge in [0.1, 0.15) is 17.2 Å². The molecule has 4 rings (SSSR count). The van der Waals surface area contributed by atoms with Crippen LogP contribution in [0.3, 0.4) is 0 Å². The number of pyridine rings is 2. The van der Waals surface area contributed by atoms with Gasteiger partial charge >= 0.3 is 5.97 Å². The van der Waals surface area contributed by atoms with Gasteiger partial charge in [0, 0.05) is 11.8 Å². The maximum atomic E-state index is 13.3. The predicted molar refractivity (Wildman–Crippen MR) is 109 cm³/mol. The van der Waals surface area contributed by atoms with E-state index in [1.54, 1.807) is 25.1 Å². The molecule has 9 heteroatoms. The molecule has 0 amide bonds. The first-order valence-electron chi connectivity index (χ1n) is 9.91. The molecule has 1 aliphatic rings. The predicted octanol–water partition coefficient (Wildman–Crippen LogP) is 2.85. The molecular formula is C22H21FN2O6. The largest absolute Gasteiger partial charge is 0.506 e. The van der Waals surface area contributed by atoms with Crippen molar-refractivity contribution in [1.82, 2.24) is 9.55 Å². The van der Waals surface area contributed by atoms with Crippen molar-refractivity contribution >= 4 is 17.0 Å². The van der Waals surface area contributed by atoms with Gasteiger partial charge in [-0.15, -0.1) is 0 Å². The highest BCUT2D eigenvalue weighted by Crippen LogP contribution is 2.30. The second kappa shape index (κ2) is 8.83. The highest BCUT2D eigenvalue weighted by molar-refractivity contribution is 5.99. The molecule has 0 radical (unpaired) electrons. The Morgan fingerprint density at radius 2 is 1.97 bits per heavy atom. The smallest absolute Gasteiger partial charge is 0.347 e. The number of aromatic hydroxyl groups is 1. The monoisotopic (exact) mass is 428 g/mol. The minimum Gasteiger partial charge on any atom is -0.506 e. The SMILES string of the molecule is CCOC(=O)c1c(O)c2cc(-c3ccc(F)cc3)cnc2n(CC2OCCCO2)c1=O. The van der Waals surface area contributed by atoms with E-state index in [0.717, 1.165) is 6.42 Å². The van der Waals surface area contributed by atoms with Crippen LogP contribution < -0.4 is 5.56 Å². The van der Waals surface area contributed by atoms with Gasteiger partial charge in [0.05, 0.1) is 31.8 Å². The van der Waals surface area contributed by atoms with Gasteiger partial charge in [-0.2, -0.15) is 0 Å². The van der Waals surface area contributed by atoms with Gasteiger partial charge in [-0.25, -0.2) is 14.2 Å². The summed E-state index contributed by atoms with van der Waals surface area (Å²) in [5, 5.41) is 11.0. The quantitative estimate of drug-likeness (QED) is 0.624. The van der Waals surface area contributed by atoms with Gasteiger partial charge in [-0.1, -0.05) is 12.1 Å². The van der Waals surface area contributed by atoms with Crippen LogP contribution in [0.15, 0.2) is 41.3 Å². The van der Waals surface area contributed by atoms with Crippen molar-refractivity contribution in [2.24, 2.45) is 0 Å². The minimum atomic E-state index is -0.932. The third kappa shape index (κ3) is 4.14. The maximum absolute atomic E-state index is 13.3. The Balaban J connectivity index is 1.90. The molecule has 31 heavy (non-hydrogen) atoms. The van der Waals surface area contributed by atoms with Crippen LogP contribution in [0.5, 0.6) is 5.75 Å². The van der Waals surface area contributed by atoms with Crippen molar-refractivity contribution in [1.29, 1.82) is 0 Å². The zero-order chi connectivity index (χ0) is 22.0. The van der Waals surface area contributed by atoms with Crippen LogP contribution in [0.2, 0.25) is 0 Å². The lowest BCUT2D eigenvalue weighted by atomic mass is 10.0. The molecule has 1 N–H and O–H groups in total. The summed E-state index contributed by atoms with van der Waals surface area (Å²) < 4.78 is 30.6. The molecule has 2 aromatic heterocycles. The number of rotatable bonds is 5. The van der Waals surface area contributed by atoms with E-state index in [1.807, 2.05) is 0 Å². The number of ether oxygens (including phenoxy) is 3. The molecule has 1 aromatic carbocycles. The summed E-state index contributed by atoms with van der Waals surface area (Å²) in [4.78, 5) is 29.9. The van der Waals surface area contributed by atoms with Gasteiger partial charge in [0.15, 0.2) is 11.9 Å². The van der Waals surface area contributed by atoms with Crippen molar-refractivity contribution in [3.8, 4) is 16.9 Å². The summed E-state index contributed by atoms with van der Waals surface area (Å²) in [6.45, 7) is 2.61. The van der Waals surface area contributed by atoms with Gasteiger partial charge in [0.2, 0.25) is 0 Å². The number of aromatic nitrogens is 2. The Morgan fingerprint density at radius 1 is 1.26 bits per heavy atom. The first kappa shape index (κ1) is 21.0. The zero-order valence-corrected chi connectivity index (χ0v) is 16.8. The van der Waals surface area contributed by atoms with Crippen LogP contribution in [0.25, 0.3) is 22.2 Å². The van der Waals surface area contributed by atoms with E-state index in [2.05, 4.69) is 4.98 Å². The molecule has 1 fully saturated rings. The summed E-state index contributed by atoms with van der Waals surface area (Å²) in [6.07, 6.45) is 1.57. The first-order chi connectivity index (χ1) is 15.0. The van der Waals surface area contributed by atoms with Gasteiger partial charge in [0.25, 0.3) is 5.56 Å². The average molecular weight is 428 g/mol. The number of esters is 1. The molecule has 0 saturated carbocycles. The van der Waals surface area contributed by atoms with E-state index in [-0.39, 0.29) is 30.0 Å². The summed E-state index contributed by atoms with van der Waals surface area (Å²) in [5.74, 6) is -1.83. The molecule has 162 valence electrons. The van der Waals surface area contributed by atoms with Crippen LogP contribution >= 0.6 is 0 Å². The first-order valence-corrected chi connectivity index (χ1v) is 9.91. The lowest BCUT2D eigenvalue weighted by Crippen LogP contribution is -2.36. The normalized spacial score (nSPS) is 14.6. The lowest BCUT2D eigenvalue weighted by molar-refractivity contribution is -0.184. The van der Waals surface area contributed by atoms with Gasteiger partial charge in [-0.3, -0.25) is 9.36 Å². The van der Waals surface area contributed by atoms with Crippen LogP contribution in [0.1, 0.15) is 23.7 Å². The number of nitrogens with zero attached hydrogens (tertiary/aromatic N) is 2. The Bertz CT molecular complexity index is 1170. The van der Waals surface area contributed by atoms with Crippen LogP contribution in [-0.2, 0) is 20.8 Å². The highest BCUT2D eigenvalue weighted by Gasteiger charge is 2.26. The summed E-state index contributed by atoms with van der Waals surface area (Å²) >= 11 is 0. The third-order valence-corrected chi connectivity index (χ3v) is 4.96. The van der Waals surface area contributed by atoms with E-state index in [0.29, 0.717) is 24.3 Å². The third-order valence-electron chi connectivity index (χ3n) is 4.96. The number of halogens is 1. The molecule has 3 aromatic rings. The van der Waals surface area contributed by atoms with Crippen LogP contribution in [0.4, 0.5) is 4.39 Å². The summed E-state index contributed by atoms with van der Waals surface area (Å²) in [5.41, 5.74) is 0.170. The van der Waals surface area contributed by atoms with Gasteiger partial charge < -0.3 is 19.3 Å². The van der Waals surface area contributed by atoms with Crippen molar-refractivity contribution in [3.63, 3.8) is 0 Å². The fourth-order valence-electron chi connectivity index (χ4n) is 3.46. The fourth-order valence-corrected chi connectivity index (χ4v) is 3.46. The molecule has 0 unspecified atom stereocenters. The molecule has 0 bridgehead atoms. The van der Waals surface area contributed by atoms with Gasteiger partial charge in [-0.05, 0) is 37.1 Å². The minimum absolute atomic E-state index is 0.00901. The van der Waals surface area contributed by atoms with Crippen molar-refractivity contribution < 1.29 is 28.5 Å². The molecule has 0 atom stereocenters. The van der Waals surface area contributed by atoms with Crippen molar-refractivity contribution in [3.05, 3.63) is 58.3 Å². The number of carbonyl (C=O) groups excluding carboxylic acids is 1. The van der Waals surface area contributed by atoms with Crippen molar-refractivity contribution in [2.45, 2.75) is 26.2 Å². The maximum Gasteiger partial charge on any atom is 0.347 e. The summed E-state index contributed by atoms with van der Waals surface area (Å²) in [7, 11) is 0. The Labute approximate surface area is 176 Å². The molecular weight excluding hydrogens is 407 g/mol. The van der Waals surface area contributed by atoms with Crippen LogP contribution in [0, 0.1) is 5.82 Å². The molecule has 1 saturated heterocycles. The van der Waals surface area contributed by atoms with E-state index < -0.39 is 29.1 Å². The second-order valence-electron chi connectivity index (χ2n) is 6.99. The van der Waals surface area contributed by atoms with E-state index in [4.69, 9.17) is 14.2 Å².